The van der Waals surface area contributed by atoms with Gasteiger partial charge in [0.25, 0.3) is 16.0 Å². The zero-order valence-corrected chi connectivity index (χ0v) is 58.7. The number of rotatable bonds is 30. The number of benzene rings is 3. The van der Waals surface area contributed by atoms with E-state index in [1.54, 1.807) is 37.5 Å². The van der Waals surface area contributed by atoms with Crippen LogP contribution < -0.4 is 25.4 Å². The number of aromatic carboxylic acids is 1. The van der Waals surface area contributed by atoms with Crippen molar-refractivity contribution in [3.63, 3.8) is 0 Å². The zero-order valence-electron chi connectivity index (χ0n) is 57.1. The van der Waals surface area contributed by atoms with Crippen LogP contribution in [0.1, 0.15) is 90.9 Å². The van der Waals surface area contributed by atoms with Crippen molar-refractivity contribution in [2.45, 2.75) is 127 Å². The van der Waals surface area contributed by atoms with Crippen molar-refractivity contribution in [1.82, 2.24) is 45.2 Å². The van der Waals surface area contributed by atoms with Gasteiger partial charge in [-0.05, 0) is 116 Å². The fourth-order valence-electron chi connectivity index (χ4n) is 16.1. The van der Waals surface area contributed by atoms with Crippen LogP contribution in [0.3, 0.4) is 0 Å². The number of aromatic amines is 1. The van der Waals surface area contributed by atoms with E-state index in [1.165, 1.54) is 40.5 Å². The number of aliphatic carboxylic acids is 1. The van der Waals surface area contributed by atoms with Crippen molar-refractivity contribution in [2.75, 3.05) is 64.2 Å². The molecule has 11 N–H and O–H groups in total. The van der Waals surface area contributed by atoms with Gasteiger partial charge in [-0.25, -0.2) is 24.4 Å². The second-order valence-electron chi connectivity index (χ2n) is 28.1. The summed E-state index contributed by atoms with van der Waals surface area (Å²) in [4.78, 5) is 105. The van der Waals surface area contributed by atoms with Crippen LogP contribution in [0.2, 0.25) is 0 Å². The van der Waals surface area contributed by atoms with Crippen LogP contribution in [0.5, 0.6) is 11.5 Å². The largest absolute Gasteiger partial charge is 0.491 e. The van der Waals surface area contributed by atoms with E-state index in [1.807, 2.05) is 48.0 Å². The fourth-order valence-corrected chi connectivity index (χ4v) is 17.6. The predicted molar refractivity (Wildman–Crippen MR) is 370 cm³/mol. The number of anilines is 1. The molecule has 4 saturated carbocycles. The van der Waals surface area contributed by atoms with Crippen molar-refractivity contribution >= 4 is 89.4 Å². The Hall–Kier alpha value is -9.49. The molecular formula is C70H80N10O22S2. The summed E-state index contributed by atoms with van der Waals surface area (Å²) in [5.41, 5.74) is 3.56. The number of amides is 5. The highest BCUT2D eigenvalue weighted by molar-refractivity contribution is 7.85. The number of nitrogens with zero attached hydrogens (tertiary/aromatic N) is 6. The number of aromatic nitrogens is 5. The van der Waals surface area contributed by atoms with E-state index in [9.17, 15) is 77.2 Å². The van der Waals surface area contributed by atoms with Crippen LogP contribution in [-0.2, 0) is 61.4 Å². The highest BCUT2D eigenvalue weighted by Gasteiger charge is 2.66. The summed E-state index contributed by atoms with van der Waals surface area (Å²) in [6, 6.07) is 20.7. The number of carboxylic acids is 2. The first-order valence-corrected chi connectivity index (χ1v) is 36.0. The second-order valence-corrected chi connectivity index (χ2v) is 30.6. The van der Waals surface area contributed by atoms with Gasteiger partial charge in [-0.1, -0.05) is 49.4 Å². The summed E-state index contributed by atoms with van der Waals surface area (Å²) >= 11 is 1.37. The third-order valence-electron chi connectivity index (χ3n) is 19.6. The summed E-state index contributed by atoms with van der Waals surface area (Å²) in [5, 5.41) is 75.2. The van der Waals surface area contributed by atoms with E-state index < -0.39 is 107 Å². The number of carbonyl (C=O) groups is 7. The molecule has 7 aromatic rings. The summed E-state index contributed by atoms with van der Waals surface area (Å²) < 4.78 is 71.4. The van der Waals surface area contributed by atoms with Crippen molar-refractivity contribution in [3.8, 4) is 34.0 Å². The van der Waals surface area contributed by atoms with Crippen molar-refractivity contribution in [1.29, 1.82) is 0 Å². The van der Waals surface area contributed by atoms with E-state index in [-0.39, 0.29) is 97.6 Å². The summed E-state index contributed by atoms with van der Waals surface area (Å²) in [6.45, 7) is 6.03. The Balaban J connectivity index is 0.663. The molecular weight excluding hydrogens is 1400 g/mol. The van der Waals surface area contributed by atoms with Gasteiger partial charge in [0.1, 0.15) is 61.0 Å². The van der Waals surface area contributed by atoms with Gasteiger partial charge in [0.05, 0.1) is 64.3 Å². The standard InChI is InChI=1S/C70H80N10O22S2/c1-38-44(42-14-15-45(74-55(42)62(89)90)47-26-39-8-7-9-43(54(39)75-47)60(87)77-65-76-46-10-5-6-11-50(46)103-65)28-72-80(38)37-69-32-67(2)31-68(3,33-69)35-70(34-67,36-69)100-23-21-78(4)66(93)99-29-40-12-13-41(101-64-58(86)56(84)57(85)59(102-64)63(91)92)27-49(40)98-25-24-97-22-19-71-61(88)48(30-104(94,95)96)73-51(81)18-20-79-52(82)16-17-53(79)83/h5-17,26-28,48,52,56-59,64,75,82,84-86H,18-25,29-37H2,1-4H3,(H,71,88)(H,73,81)(H,89,90)(H,91,92)(H,76,77,87)(H,94,95,96)/t48-,52?,56-,57-,58+,59-,64+,67?,68?,69?,70?/m0/s1. The molecule has 0 spiro atoms. The smallest absolute Gasteiger partial charge is 0.409 e. The number of pyridine rings is 1. The molecule has 34 heteroatoms. The molecule has 4 aromatic heterocycles. The topological polar surface area (TPSA) is 453 Å². The number of fused-ring (bicyclic) bond motifs is 2. The van der Waals surface area contributed by atoms with E-state index >= 15 is 0 Å². The van der Waals surface area contributed by atoms with Crippen LogP contribution in [0.4, 0.5) is 9.93 Å². The Labute approximate surface area is 599 Å². The maximum Gasteiger partial charge on any atom is 0.409 e. The number of H-pyrrole nitrogens is 1. The third kappa shape index (κ3) is 16.5. The number of nitrogens with one attached hydrogen (secondary N) is 4. The number of aliphatic hydroxyl groups is 4. The lowest BCUT2D eigenvalue weighted by atomic mass is 9.39. The molecule has 4 aliphatic carbocycles. The van der Waals surface area contributed by atoms with E-state index in [4.69, 9.17) is 33.5 Å². The number of carboxylic acid groups (broad SMARTS) is 2. The monoisotopic (exact) mass is 1480 g/mol. The Morgan fingerprint density at radius 1 is 0.865 bits per heavy atom. The maximum atomic E-state index is 13.8. The molecule has 1 saturated heterocycles. The molecule has 5 fully saturated rings. The minimum Gasteiger partial charge on any atom is -0.491 e. The first kappa shape index (κ1) is 74.2. The number of aliphatic hydroxyl groups excluding tert-OH is 4. The SMILES string of the molecule is Cc1c(-c2ccc(-c3cc4cccc(C(=O)Nc5nc6ccccc6s5)c4[nH]3)nc2C(=O)O)cnn1CC12CC3(C)CC(C)(C1)CC(OCCN(C)C(=O)OCc1ccc(O[C@@H]4O[C@H](C(=O)O)[C@@H](O)[C@H](O)[C@H]4O)cc1OCCOCCNC(=O)[C@H](CS(=O)(=O)O)NC(=O)CCN1C(=O)C=CC1O)(C3)C2. The summed E-state index contributed by atoms with van der Waals surface area (Å²) in [7, 11) is -3.22. The lowest BCUT2D eigenvalue weighted by molar-refractivity contribution is -0.271. The van der Waals surface area contributed by atoms with Gasteiger partial charge in [0.2, 0.25) is 24.0 Å². The van der Waals surface area contributed by atoms with Gasteiger partial charge in [0.15, 0.2) is 16.9 Å². The van der Waals surface area contributed by atoms with E-state index in [2.05, 4.69) is 44.7 Å². The highest BCUT2D eigenvalue weighted by atomic mass is 32.2. The normalized spacial score (nSPS) is 25.1. The quantitative estimate of drug-likeness (QED) is 0.0216. The second kappa shape index (κ2) is 29.9. The summed E-state index contributed by atoms with van der Waals surface area (Å²) in [6.07, 6.45) is -2.83. The molecule has 6 aliphatic rings. The predicted octanol–water partition coefficient (Wildman–Crippen LogP) is 4.63. The average molecular weight is 1480 g/mol. The maximum absolute atomic E-state index is 13.8. The van der Waals surface area contributed by atoms with Crippen molar-refractivity contribution in [3.05, 3.63) is 120 Å². The zero-order chi connectivity index (χ0) is 74.2. The van der Waals surface area contributed by atoms with Gasteiger partial charge in [-0.15, -0.1) is 0 Å². The van der Waals surface area contributed by atoms with Crippen molar-refractivity contribution in [2.24, 2.45) is 16.2 Å². The van der Waals surface area contributed by atoms with Gasteiger partial charge >= 0.3 is 18.0 Å². The Kier molecular flexibility index (Phi) is 21.4. The lowest BCUT2D eigenvalue weighted by Crippen LogP contribution is -2.64. The first-order valence-electron chi connectivity index (χ1n) is 33.6. The van der Waals surface area contributed by atoms with Gasteiger partial charge in [0, 0.05) is 79.6 Å². The Bertz CT molecular complexity index is 4570. The molecule has 554 valence electrons. The van der Waals surface area contributed by atoms with Crippen LogP contribution in [0, 0.1) is 23.2 Å². The third-order valence-corrected chi connectivity index (χ3v) is 21.3. The van der Waals surface area contributed by atoms with Gasteiger partial charge in [-0.3, -0.25) is 33.7 Å². The molecule has 5 amide bonds. The average Bonchev–Trinajstić information content (AvgIpc) is 0.869. The molecule has 13 rings (SSSR count). The lowest BCUT2D eigenvalue weighted by Gasteiger charge is -2.69. The molecule has 0 radical (unpaired) electrons. The Morgan fingerprint density at radius 3 is 2.36 bits per heavy atom. The number of para-hydroxylation sites is 2. The van der Waals surface area contributed by atoms with E-state index in [0.29, 0.717) is 45.3 Å². The number of hydrogen-bond acceptors (Lipinski definition) is 23. The number of ether oxygens (including phenoxy) is 6. The highest BCUT2D eigenvalue weighted by Crippen LogP contribution is 2.72. The number of carbonyl (C=O) groups excluding carboxylic acids is 5. The molecule has 3 unspecified atom stereocenters. The van der Waals surface area contributed by atoms with Crippen LogP contribution >= 0.6 is 11.3 Å². The molecule has 4 bridgehead atoms. The minimum absolute atomic E-state index is 0.0434. The van der Waals surface area contributed by atoms with Crippen LogP contribution in [-0.4, -0.2) is 227 Å². The van der Waals surface area contributed by atoms with E-state index in [0.717, 1.165) is 70.8 Å². The van der Waals surface area contributed by atoms with Gasteiger partial charge in [-0.2, -0.15) is 13.5 Å². The van der Waals surface area contributed by atoms with Crippen molar-refractivity contribution < 1.29 is 106 Å². The summed E-state index contributed by atoms with van der Waals surface area (Å²) in [5.74, 6) is -6.83. The minimum atomic E-state index is -4.78. The first-order chi connectivity index (χ1) is 49.4. The molecule has 104 heavy (non-hydrogen) atoms. The molecule has 6 heterocycles. The molecule has 32 nitrogen and oxygen atoms in total. The van der Waals surface area contributed by atoms with Gasteiger partial charge < -0.3 is 84.5 Å². The number of likely N-dealkylation sites (N-methyl/N-ethyl adjacent to an activating group) is 1. The molecule has 3 aromatic carbocycles. The fraction of sp³-hybridized carbons (Fsp3) is 0.457. The Morgan fingerprint density at radius 2 is 1.63 bits per heavy atom. The number of thiazole rings is 1. The van der Waals surface area contributed by atoms with Crippen LogP contribution in [0.15, 0.2) is 97.2 Å². The molecule has 2 aliphatic heterocycles. The molecule has 9 atom stereocenters. The van der Waals surface area contributed by atoms with Crippen LogP contribution in [0.25, 0.3) is 43.6 Å². The number of hydrogen-bond donors (Lipinski definition) is 11.